The third kappa shape index (κ3) is 3.61. The molecular formula is C17H15ClN4O2. The largest absolute Gasteiger partial charge is 0.387 e. The molecule has 1 atom stereocenters. The zero-order chi connectivity index (χ0) is 16.9. The van der Waals surface area contributed by atoms with Crippen molar-refractivity contribution in [3.05, 3.63) is 71.0 Å². The van der Waals surface area contributed by atoms with E-state index in [1.165, 1.54) is 6.33 Å². The maximum Gasteiger partial charge on any atom is 0.252 e. The summed E-state index contributed by atoms with van der Waals surface area (Å²) in [6.07, 6.45) is 0.567. The Morgan fingerprint density at radius 2 is 1.96 bits per heavy atom. The first-order valence-corrected chi connectivity index (χ1v) is 7.69. The number of aromatic nitrogens is 3. The van der Waals surface area contributed by atoms with Crippen LogP contribution in [0.15, 0.2) is 54.9 Å². The summed E-state index contributed by atoms with van der Waals surface area (Å²) >= 11 is 5.82. The van der Waals surface area contributed by atoms with Crippen LogP contribution in [0.2, 0.25) is 5.02 Å². The smallest absolute Gasteiger partial charge is 0.252 e. The van der Waals surface area contributed by atoms with Crippen molar-refractivity contribution < 1.29 is 9.90 Å². The van der Waals surface area contributed by atoms with Crippen LogP contribution in [-0.4, -0.2) is 32.7 Å². The molecule has 0 saturated carbocycles. The zero-order valence-electron chi connectivity index (χ0n) is 12.6. The summed E-state index contributed by atoms with van der Waals surface area (Å²) in [5, 5.41) is 20.0. The van der Waals surface area contributed by atoms with E-state index in [0.29, 0.717) is 27.5 Å². The average molecular weight is 343 g/mol. The zero-order valence-corrected chi connectivity index (χ0v) is 13.4. The van der Waals surface area contributed by atoms with E-state index in [-0.39, 0.29) is 12.5 Å². The second-order valence-corrected chi connectivity index (χ2v) is 5.59. The molecule has 0 fully saturated rings. The molecule has 7 heteroatoms. The summed E-state index contributed by atoms with van der Waals surface area (Å²) < 4.78 is 0. The van der Waals surface area contributed by atoms with Crippen molar-refractivity contribution in [3.8, 4) is 11.4 Å². The van der Waals surface area contributed by atoms with Crippen molar-refractivity contribution in [1.29, 1.82) is 0 Å². The van der Waals surface area contributed by atoms with Crippen LogP contribution in [0.25, 0.3) is 11.4 Å². The number of halogens is 1. The minimum absolute atomic E-state index is 0.0885. The molecule has 0 unspecified atom stereocenters. The van der Waals surface area contributed by atoms with Crippen molar-refractivity contribution in [2.45, 2.75) is 6.10 Å². The van der Waals surface area contributed by atoms with Crippen molar-refractivity contribution in [2.24, 2.45) is 0 Å². The normalized spacial score (nSPS) is 11.9. The van der Waals surface area contributed by atoms with Crippen LogP contribution in [0.4, 0.5) is 0 Å². The summed E-state index contributed by atoms with van der Waals surface area (Å²) in [5.41, 5.74) is 1.79. The number of rotatable bonds is 5. The highest BCUT2D eigenvalue weighted by atomic mass is 35.5. The van der Waals surface area contributed by atoms with E-state index in [4.69, 9.17) is 11.6 Å². The second kappa shape index (κ2) is 7.25. The van der Waals surface area contributed by atoms with E-state index >= 15 is 0 Å². The first kappa shape index (κ1) is 16.2. The van der Waals surface area contributed by atoms with Gasteiger partial charge in [-0.05, 0) is 23.8 Å². The Balaban J connectivity index is 1.71. The first-order valence-electron chi connectivity index (χ1n) is 7.31. The maximum atomic E-state index is 12.4. The number of hydrogen-bond donors (Lipinski definition) is 3. The summed E-state index contributed by atoms with van der Waals surface area (Å²) in [7, 11) is 0. The van der Waals surface area contributed by atoms with Crippen LogP contribution in [0, 0.1) is 0 Å². The van der Waals surface area contributed by atoms with Crippen molar-refractivity contribution in [1.82, 2.24) is 20.5 Å². The SMILES string of the molecule is O=C(NC[C@@H](O)c1ccc(Cl)cc1)c1ccccc1-c1ncn[nH]1. The number of benzene rings is 2. The molecule has 1 aromatic heterocycles. The Hall–Kier alpha value is -2.70. The van der Waals surface area contributed by atoms with Gasteiger partial charge in [0, 0.05) is 17.1 Å². The van der Waals surface area contributed by atoms with Crippen molar-refractivity contribution in [2.75, 3.05) is 6.54 Å². The van der Waals surface area contributed by atoms with Gasteiger partial charge in [-0.3, -0.25) is 9.89 Å². The number of H-pyrrole nitrogens is 1. The molecule has 2 aromatic carbocycles. The topological polar surface area (TPSA) is 90.9 Å². The number of aromatic amines is 1. The van der Waals surface area contributed by atoms with Crippen molar-refractivity contribution >= 4 is 17.5 Å². The predicted molar refractivity (Wildman–Crippen MR) is 90.6 cm³/mol. The van der Waals surface area contributed by atoms with E-state index < -0.39 is 6.10 Å². The molecule has 3 N–H and O–H groups in total. The standard InChI is InChI=1S/C17H15ClN4O2/c18-12-7-5-11(6-8-12)15(23)9-19-17(24)14-4-2-1-3-13(14)16-20-10-21-22-16/h1-8,10,15,23H,9H2,(H,19,24)(H,20,21,22)/t15-/m1/s1. The molecule has 24 heavy (non-hydrogen) atoms. The van der Waals surface area contributed by atoms with Gasteiger partial charge in [0.1, 0.15) is 6.33 Å². The Bertz CT molecular complexity index is 819. The molecule has 0 aliphatic carbocycles. The van der Waals surface area contributed by atoms with Gasteiger partial charge in [-0.2, -0.15) is 5.10 Å². The van der Waals surface area contributed by atoms with Gasteiger partial charge in [0.15, 0.2) is 5.82 Å². The van der Waals surface area contributed by atoms with Gasteiger partial charge >= 0.3 is 0 Å². The lowest BCUT2D eigenvalue weighted by molar-refractivity contribution is 0.0917. The molecule has 0 radical (unpaired) electrons. The molecule has 0 saturated heterocycles. The average Bonchev–Trinajstić information content (AvgIpc) is 3.14. The third-order valence-electron chi connectivity index (χ3n) is 3.55. The van der Waals surface area contributed by atoms with E-state index in [2.05, 4.69) is 20.5 Å². The summed E-state index contributed by atoms with van der Waals surface area (Å²) in [4.78, 5) is 16.5. The molecule has 0 spiro atoms. The van der Waals surface area contributed by atoms with Crippen LogP contribution in [0.1, 0.15) is 22.0 Å². The van der Waals surface area contributed by atoms with Gasteiger partial charge in [-0.25, -0.2) is 4.98 Å². The number of aliphatic hydroxyl groups excluding tert-OH is 1. The summed E-state index contributed by atoms with van der Waals surface area (Å²) in [6.45, 7) is 0.0885. The highest BCUT2D eigenvalue weighted by Crippen LogP contribution is 2.20. The fourth-order valence-electron chi connectivity index (χ4n) is 2.31. The highest BCUT2D eigenvalue weighted by molar-refractivity contribution is 6.30. The quantitative estimate of drug-likeness (QED) is 0.664. The minimum Gasteiger partial charge on any atom is -0.387 e. The van der Waals surface area contributed by atoms with Gasteiger partial charge in [0.25, 0.3) is 5.91 Å². The van der Waals surface area contributed by atoms with Crippen molar-refractivity contribution in [3.63, 3.8) is 0 Å². The predicted octanol–water partition coefficient (Wildman–Crippen LogP) is 2.59. The lowest BCUT2D eigenvalue weighted by Gasteiger charge is -2.13. The van der Waals surface area contributed by atoms with Gasteiger partial charge in [0.05, 0.1) is 11.7 Å². The molecule has 3 aromatic rings. The molecule has 1 amide bonds. The summed E-state index contributed by atoms with van der Waals surface area (Å²) in [5.74, 6) is 0.217. The lowest BCUT2D eigenvalue weighted by Crippen LogP contribution is -2.28. The fourth-order valence-corrected chi connectivity index (χ4v) is 2.44. The third-order valence-corrected chi connectivity index (χ3v) is 3.80. The molecule has 1 heterocycles. The van der Waals surface area contributed by atoms with Gasteiger partial charge in [0.2, 0.25) is 0 Å². The molecular weight excluding hydrogens is 328 g/mol. The Morgan fingerprint density at radius 3 is 2.67 bits per heavy atom. The molecule has 122 valence electrons. The lowest BCUT2D eigenvalue weighted by atomic mass is 10.1. The fraction of sp³-hybridized carbons (Fsp3) is 0.118. The number of hydrogen-bond acceptors (Lipinski definition) is 4. The maximum absolute atomic E-state index is 12.4. The summed E-state index contributed by atoms with van der Waals surface area (Å²) in [6, 6.07) is 13.9. The van der Waals surface area contributed by atoms with Gasteiger partial charge in [-0.1, -0.05) is 41.9 Å². The van der Waals surface area contributed by atoms with E-state index in [1.54, 1.807) is 42.5 Å². The van der Waals surface area contributed by atoms with Crippen LogP contribution in [0.5, 0.6) is 0 Å². The van der Waals surface area contributed by atoms with Crippen LogP contribution in [-0.2, 0) is 0 Å². The number of nitrogens with zero attached hydrogens (tertiary/aromatic N) is 2. The van der Waals surface area contributed by atoms with E-state index in [1.807, 2.05) is 6.07 Å². The highest BCUT2D eigenvalue weighted by Gasteiger charge is 2.15. The molecule has 6 nitrogen and oxygen atoms in total. The molecule has 0 aliphatic heterocycles. The number of nitrogens with one attached hydrogen (secondary N) is 2. The number of carbonyl (C=O) groups is 1. The number of aliphatic hydroxyl groups is 1. The van der Waals surface area contributed by atoms with Crippen LogP contribution < -0.4 is 5.32 Å². The Morgan fingerprint density at radius 1 is 1.21 bits per heavy atom. The molecule has 0 bridgehead atoms. The number of amides is 1. The van der Waals surface area contributed by atoms with Gasteiger partial charge in [-0.15, -0.1) is 0 Å². The second-order valence-electron chi connectivity index (χ2n) is 5.16. The van der Waals surface area contributed by atoms with Crippen LogP contribution >= 0.6 is 11.6 Å². The monoisotopic (exact) mass is 342 g/mol. The van der Waals surface area contributed by atoms with E-state index in [9.17, 15) is 9.90 Å². The van der Waals surface area contributed by atoms with E-state index in [0.717, 1.165) is 0 Å². The first-order chi connectivity index (χ1) is 11.6. The molecule has 0 aliphatic rings. The van der Waals surface area contributed by atoms with Crippen LogP contribution in [0.3, 0.4) is 0 Å². The minimum atomic E-state index is -0.816. The van der Waals surface area contributed by atoms with Gasteiger partial charge < -0.3 is 10.4 Å². The number of carbonyl (C=O) groups excluding carboxylic acids is 1. The Labute approximate surface area is 143 Å². The Kier molecular flexibility index (Phi) is 4.88. The molecule has 3 rings (SSSR count).